The molecule has 1 atom stereocenters. The van der Waals surface area contributed by atoms with Gasteiger partial charge in [-0.25, -0.2) is 4.79 Å². The summed E-state index contributed by atoms with van der Waals surface area (Å²) in [6, 6.07) is 32.1. The van der Waals surface area contributed by atoms with Crippen LogP contribution in [-0.2, 0) is 16.1 Å². The third kappa shape index (κ3) is 7.42. The minimum Gasteiger partial charge on any atom is -0.456 e. The van der Waals surface area contributed by atoms with E-state index in [1.54, 1.807) is 30.3 Å². The predicted octanol–water partition coefficient (Wildman–Crippen LogP) is 6.10. The van der Waals surface area contributed by atoms with Gasteiger partial charge in [0.05, 0.1) is 5.56 Å². The fourth-order valence-corrected chi connectivity index (χ4v) is 4.09. The molecule has 0 radical (unpaired) electrons. The van der Waals surface area contributed by atoms with Gasteiger partial charge in [0.15, 0.2) is 0 Å². The number of carbonyl (C=O) groups excluding carboxylic acids is 3. The van der Waals surface area contributed by atoms with Crippen molar-refractivity contribution in [2.45, 2.75) is 39.0 Å². The normalized spacial score (nSPS) is 11.8. The van der Waals surface area contributed by atoms with Gasteiger partial charge in [-0.1, -0.05) is 91.0 Å². The van der Waals surface area contributed by atoms with E-state index in [0.717, 1.165) is 16.7 Å². The maximum absolute atomic E-state index is 13.2. The number of nitrogens with one attached hydrogen (secondary N) is 2. The molecular weight excluding hydrogens is 488 g/mol. The van der Waals surface area contributed by atoms with E-state index < -0.39 is 11.6 Å². The monoisotopic (exact) mass is 520 g/mol. The molecule has 0 aliphatic heterocycles. The van der Waals surface area contributed by atoms with E-state index in [1.807, 2.05) is 99.6 Å². The van der Waals surface area contributed by atoms with E-state index in [2.05, 4.69) is 10.6 Å². The third-order valence-corrected chi connectivity index (χ3v) is 5.98. The Morgan fingerprint density at radius 2 is 1.33 bits per heavy atom. The number of rotatable bonds is 8. The molecule has 0 fully saturated rings. The third-order valence-electron chi connectivity index (χ3n) is 5.98. The van der Waals surface area contributed by atoms with Crippen LogP contribution in [0.3, 0.4) is 0 Å². The lowest BCUT2D eigenvalue weighted by molar-refractivity contribution is -0.123. The standard InChI is InChI=1S/C33H32N2O4/c1-33(2,3)39-32(38)28-17-11-10-16-27(28)24-20-18-23(19-21-24)22-34-31(37)29(25-12-6-4-7-13-25)35-30(36)26-14-8-5-9-15-26/h4-21,29H,22H2,1-3H3,(H,34,37)(H,35,36). The molecule has 6 heteroatoms. The molecule has 0 bridgehead atoms. The van der Waals surface area contributed by atoms with Gasteiger partial charge in [0.25, 0.3) is 5.91 Å². The summed E-state index contributed by atoms with van der Waals surface area (Å²) in [5.74, 6) is -1.02. The Morgan fingerprint density at radius 3 is 1.97 bits per heavy atom. The zero-order valence-electron chi connectivity index (χ0n) is 22.3. The van der Waals surface area contributed by atoms with Crippen LogP contribution in [0.2, 0.25) is 0 Å². The highest BCUT2D eigenvalue weighted by molar-refractivity contribution is 5.98. The predicted molar refractivity (Wildman–Crippen MR) is 152 cm³/mol. The first-order valence-electron chi connectivity index (χ1n) is 12.8. The number of hydrogen-bond donors (Lipinski definition) is 2. The highest BCUT2D eigenvalue weighted by Gasteiger charge is 2.23. The first kappa shape index (κ1) is 27.3. The summed E-state index contributed by atoms with van der Waals surface area (Å²) in [7, 11) is 0. The topological polar surface area (TPSA) is 84.5 Å². The Kier molecular flexibility index (Phi) is 8.56. The second kappa shape index (κ2) is 12.2. The highest BCUT2D eigenvalue weighted by Crippen LogP contribution is 2.26. The minimum atomic E-state index is -0.848. The summed E-state index contributed by atoms with van der Waals surface area (Å²) >= 11 is 0. The summed E-state index contributed by atoms with van der Waals surface area (Å²) < 4.78 is 5.57. The molecule has 198 valence electrons. The number of amides is 2. The van der Waals surface area contributed by atoms with Crippen molar-refractivity contribution in [2.24, 2.45) is 0 Å². The van der Waals surface area contributed by atoms with Crippen molar-refractivity contribution in [1.82, 2.24) is 10.6 Å². The maximum Gasteiger partial charge on any atom is 0.339 e. The van der Waals surface area contributed by atoms with Crippen molar-refractivity contribution in [3.8, 4) is 11.1 Å². The molecule has 0 spiro atoms. The molecule has 0 aliphatic rings. The molecule has 4 aromatic carbocycles. The zero-order chi connectivity index (χ0) is 27.8. The molecule has 4 aromatic rings. The molecular formula is C33H32N2O4. The van der Waals surface area contributed by atoms with Crippen LogP contribution in [0.1, 0.15) is 58.7 Å². The Bertz CT molecular complexity index is 1430. The SMILES string of the molecule is CC(C)(C)OC(=O)c1ccccc1-c1ccc(CNC(=O)C(NC(=O)c2ccccc2)c2ccccc2)cc1. The second-order valence-electron chi connectivity index (χ2n) is 10.1. The zero-order valence-corrected chi connectivity index (χ0v) is 22.3. The van der Waals surface area contributed by atoms with Gasteiger partial charge in [-0.15, -0.1) is 0 Å². The van der Waals surface area contributed by atoms with Crippen LogP contribution in [0, 0.1) is 0 Å². The fraction of sp³-hybridized carbons (Fsp3) is 0.182. The molecule has 0 heterocycles. The first-order chi connectivity index (χ1) is 18.7. The molecule has 6 nitrogen and oxygen atoms in total. The lowest BCUT2D eigenvalue weighted by atomic mass is 9.98. The second-order valence-corrected chi connectivity index (χ2v) is 10.1. The summed E-state index contributed by atoms with van der Waals surface area (Å²) in [5.41, 5.74) is 3.59. The van der Waals surface area contributed by atoms with Crippen LogP contribution in [-0.4, -0.2) is 23.4 Å². The van der Waals surface area contributed by atoms with Crippen molar-refractivity contribution in [2.75, 3.05) is 0 Å². The van der Waals surface area contributed by atoms with E-state index in [9.17, 15) is 14.4 Å². The van der Waals surface area contributed by atoms with Crippen LogP contribution in [0.15, 0.2) is 109 Å². The van der Waals surface area contributed by atoms with E-state index in [0.29, 0.717) is 16.7 Å². The fourth-order valence-electron chi connectivity index (χ4n) is 4.09. The molecule has 39 heavy (non-hydrogen) atoms. The average Bonchev–Trinajstić information content (AvgIpc) is 2.95. The number of ether oxygens (including phenoxy) is 1. The van der Waals surface area contributed by atoms with Gasteiger partial charge in [0.1, 0.15) is 11.6 Å². The van der Waals surface area contributed by atoms with Crippen molar-refractivity contribution >= 4 is 17.8 Å². The van der Waals surface area contributed by atoms with E-state index >= 15 is 0 Å². The maximum atomic E-state index is 13.2. The highest BCUT2D eigenvalue weighted by atomic mass is 16.6. The Balaban J connectivity index is 1.46. The molecule has 0 saturated carbocycles. The van der Waals surface area contributed by atoms with Crippen molar-refractivity contribution in [3.05, 3.63) is 131 Å². The van der Waals surface area contributed by atoms with Crippen LogP contribution in [0.5, 0.6) is 0 Å². The summed E-state index contributed by atoms with van der Waals surface area (Å²) in [6.07, 6.45) is 0. The van der Waals surface area contributed by atoms with Gasteiger partial charge < -0.3 is 15.4 Å². The summed E-state index contributed by atoms with van der Waals surface area (Å²) in [5, 5.41) is 5.80. The largest absolute Gasteiger partial charge is 0.456 e. The van der Waals surface area contributed by atoms with E-state index in [1.165, 1.54) is 0 Å². The molecule has 0 aliphatic carbocycles. The van der Waals surface area contributed by atoms with Crippen molar-refractivity contribution in [3.63, 3.8) is 0 Å². The van der Waals surface area contributed by atoms with E-state index in [-0.39, 0.29) is 24.3 Å². The number of carbonyl (C=O) groups is 3. The average molecular weight is 521 g/mol. The number of esters is 1. The minimum absolute atomic E-state index is 0.275. The van der Waals surface area contributed by atoms with Crippen LogP contribution in [0.25, 0.3) is 11.1 Å². The van der Waals surface area contributed by atoms with Gasteiger partial charge in [0.2, 0.25) is 5.91 Å². The first-order valence-corrected chi connectivity index (χ1v) is 12.8. The Labute approximate surface area is 229 Å². The molecule has 2 amide bonds. The number of benzene rings is 4. The lowest BCUT2D eigenvalue weighted by Crippen LogP contribution is -2.40. The smallest absolute Gasteiger partial charge is 0.339 e. The van der Waals surface area contributed by atoms with Gasteiger partial charge in [0, 0.05) is 12.1 Å². The van der Waals surface area contributed by atoms with Crippen LogP contribution < -0.4 is 10.6 Å². The summed E-state index contributed by atoms with van der Waals surface area (Å²) in [4.78, 5) is 38.8. The lowest BCUT2D eigenvalue weighted by Gasteiger charge is -2.20. The molecule has 1 unspecified atom stereocenters. The van der Waals surface area contributed by atoms with Gasteiger partial charge in [-0.3, -0.25) is 9.59 Å². The Hall–Kier alpha value is -4.71. The molecule has 0 aromatic heterocycles. The van der Waals surface area contributed by atoms with Gasteiger partial charge in [-0.05, 0) is 61.2 Å². The van der Waals surface area contributed by atoms with Gasteiger partial charge >= 0.3 is 5.97 Å². The van der Waals surface area contributed by atoms with Crippen LogP contribution in [0.4, 0.5) is 0 Å². The van der Waals surface area contributed by atoms with Crippen molar-refractivity contribution in [1.29, 1.82) is 0 Å². The Morgan fingerprint density at radius 1 is 0.744 bits per heavy atom. The summed E-state index contributed by atoms with van der Waals surface area (Å²) in [6.45, 7) is 5.79. The van der Waals surface area contributed by atoms with Gasteiger partial charge in [-0.2, -0.15) is 0 Å². The quantitative estimate of drug-likeness (QED) is 0.275. The molecule has 2 N–H and O–H groups in total. The van der Waals surface area contributed by atoms with E-state index in [4.69, 9.17) is 4.74 Å². The van der Waals surface area contributed by atoms with Crippen LogP contribution >= 0.6 is 0 Å². The molecule has 4 rings (SSSR count). The number of hydrogen-bond acceptors (Lipinski definition) is 4. The molecule has 0 saturated heterocycles. The van der Waals surface area contributed by atoms with Crippen molar-refractivity contribution < 1.29 is 19.1 Å².